The van der Waals surface area contributed by atoms with Gasteiger partial charge in [-0.2, -0.15) is 0 Å². The van der Waals surface area contributed by atoms with Gasteiger partial charge in [0, 0.05) is 17.0 Å². The molecule has 2 aliphatic rings. The standard InChI is InChI=1S/C16H24N2OS/c1-9-6-14(20-10(9)2)16(19)18-15-11-4-3-5-12(15)8-13(17)7-11/h6,11-13,15H,3-5,7-8,17H2,1-2H3,(H,18,19). The molecule has 1 aromatic rings. The summed E-state index contributed by atoms with van der Waals surface area (Å²) < 4.78 is 0. The Balaban J connectivity index is 1.72. The molecule has 4 heteroatoms. The molecule has 0 saturated heterocycles. The van der Waals surface area contributed by atoms with Gasteiger partial charge in [0.15, 0.2) is 0 Å². The molecule has 0 radical (unpaired) electrons. The Morgan fingerprint density at radius 2 is 1.95 bits per heavy atom. The quantitative estimate of drug-likeness (QED) is 0.880. The molecule has 3 nitrogen and oxygen atoms in total. The molecule has 2 saturated carbocycles. The second kappa shape index (κ2) is 5.49. The van der Waals surface area contributed by atoms with Crippen LogP contribution >= 0.6 is 11.3 Å². The van der Waals surface area contributed by atoms with Crippen LogP contribution in [0.25, 0.3) is 0 Å². The summed E-state index contributed by atoms with van der Waals surface area (Å²) >= 11 is 1.60. The highest BCUT2D eigenvalue weighted by Crippen LogP contribution is 2.39. The molecule has 20 heavy (non-hydrogen) atoms. The van der Waals surface area contributed by atoms with Gasteiger partial charge in [0.1, 0.15) is 0 Å². The Morgan fingerprint density at radius 1 is 1.30 bits per heavy atom. The molecule has 0 spiro atoms. The summed E-state index contributed by atoms with van der Waals surface area (Å²) in [6, 6.07) is 2.70. The number of carbonyl (C=O) groups is 1. The number of amides is 1. The fourth-order valence-electron chi connectivity index (χ4n) is 3.93. The van der Waals surface area contributed by atoms with E-state index in [9.17, 15) is 4.79 Å². The zero-order chi connectivity index (χ0) is 14.3. The molecule has 110 valence electrons. The largest absolute Gasteiger partial charge is 0.348 e. The van der Waals surface area contributed by atoms with Crippen molar-refractivity contribution in [3.8, 4) is 0 Å². The van der Waals surface area contributed by atoms with Crippen LogP contribution in [0.4, 0.5) is 0 Å². The fourth-order valence-corrected chi connectivity index (χ4v) is 4.87. The lowest BCUT2D eigenvalue weighted by molar-refractivity contribution is 0.0759. The number of thiophene rings is 1. The van der Waals surface area contributed by atoms with Crippen LogP contribution in [0.2, 0.25) is 0 Å². The molecule has 1 aromatic heterocycles. The number of hydrogen-bond acceptors (Lipinski definition) is 3. The van der Waals surface area contributed by atoms with Crippen LogP contribution in [0.1, 0.15) is 52.2 Å². The Bertz CT molecular complexity index is 477. The maximum atomic E-state index is 12.5. The van der Waals surface area contributed by atoms with E-state index in [0.29, 0.717) is 23.9 Å². The van der Waals surface area contributed by atoms with Crippen molar-refractivity contribution < 1.29 is 4.79 Å². The fraction of sp³-hybridized carbons (Fsp3) is 0.688. The van der Waals surface area contributed by atoms with Crippen molar-refractivity contribution in [2.24, 2.45) is 17.6 Å². The lowest BCUT2D eigenvalue weighted by Crippen LogP contribution is -2.53. The Kier molecular flexibility index (Phi) is 3.87. The summed E-state index contributed by atoms with van der Waals surface area (Å²) in [6.07, 6.45) is 5.88. The van der Waals surface area contributed by atoms with E-state index in [1.807, 2.05) is 6.07 Å². The highest BCUT2D eigenvalue weighted by molar-refractivity contribution is 7.14. The van der Waals surface area contributed by atoms with Crippen LogP contribution in [0.15, 0.2) is 6.07 Å². The summed E-state index contributed by atoms with van der Waals surface area (Å²) in [5.74, 6) is 1.29. The van der Waals surface area contributed by atoms with Gasteiger partial charge in [-0.3, -0.25) is 4.79 Å². The first-order chi connectivity index (χ1) is 9.54. The summed E-state index contributed by atoms with van der Waals surface area (Å²) in [5.41, 5.74) is 7.36. The van der Waals surface area contributed by atoms with E-state index < -0.39 is 0 Å². The Labute approximate surface area is 124 Å². The van der Waals surface area contributed by atoms with Crippen LogP contribution in [0.3, 0.4) is 0 Å². The number of fused-ring (bicyclic) bond motifs is 2. The summed E-state index contributed by atoms with van der Waals surface area (Å²) in [6.45, 7) is 4.14. The second-order valence-corrected chi connectivity index (χ2v) is 7.79. The third kappa shape index (κ3) is 2.63. The molecule has 2 unspecified atom stereocenters. The van der Waals surface area contributed by atoms with Crippen LogP contribution in [0, 0.1) is 25.7 Å². The van der Waals surface area contributed by atoms with Gasteiger partial charge in [-0.15, -0.1) is 11.3 Å². The van der Waals surface area contributed by atoms with Gasteiger partial charge < -0.3 is 11.1 Å². The lowest BCUT2D eigenvalue weighted by Gasteiger charge is -2.45. The minimum absolute atomic E-state index is 0.114. The van der Waals surface area contributed by atoms with Crippen molar-refractivity contribution in [2.45, 2.75) is 58.0 Å². The van der Waals surface area contributed by atoms with Crippen LogP contribution in [-0.4, -0.2) is 18.0 Å². The predicted octanol–water partition coefficient (Wildman–Crippen LogP) is 3.00. The molecule has 0 aromatic carbocycles. The van der Waals surface area contributed by atoms with Gasteiger partial charge in [-0.1, -0.05) is 6.42 Å². The van der Waals surface area contributed by atoms with Crippen molar-refractivity contribution in [2.75, 3.05) is 0 Å². The molecular weight excluding hydrogens is 268 g/mol. The molecule has 2 aliphatic carbocycles. The van der Waals surface area contributed by atoms with E-state index in [0.717, 1.165) is 17.7 Å². The first-order valence-electron chi connectivity index (χ1n) is 7.68. The van der Waals surface area contributed by atoms with E-state index in [1.165, 1.54) is 29.7 Å². The maximum absolute atomic E-state index is 12.5. The Hall–Kier alpha value is -0.870. The average Bonchev–Trinajstić information content (AvgIpc) is 2.71. The average molecular weight is 292 g/mol. The molecule has 2 bridgehead atoms. The molecule has 1 amide bonds. The number of nitrogens with one attached hydrogen (secondary N) is 1. The van der Waals surface area contributed by atoms with E-state index in [4.69, 9.17) is 5.73 Å². The number of hydrogen-bond donors (Lipinski definition) is 2. The lowest BCUT2D eigenvalue weighted by atomic mass is 9.67. The third-order valence-corrected chi connectivity index (χ3v) is 6.22. The minimum Gasteiger partial charge on any atom is -0.348 e. The van der Waals surface area contributed by atoms with Gasteiger partial charge >= 0.3 is 0 Å². The van der Waals surface area contributed by atoms with Crippen LogP contribution < -0.4 is 11.1 Å². The SMILES string of the molecule is Cc1cc(C(=O)NC2C3CCCC2CC(N)C3)sc1C. The van der Waals surface area contributed by atoms with Crippen LogP contribution in [0.5, 0.6) is 0 Å². The van der Waals surface area contributed by atoms with E-state index in [2.05, 4.69) is 19.2 Å². The van der Waals surface area contributed by atoms with Crippen molar-refractivity contribution in [3.63, 3.8) is 0 Å². The summed E-state index contributed by atoms with van der Waals surface area (Å²) in [4.78, 5) is 14.6. The van der Waals surface area contributed by atoms with Gasteiger partial charge in [-0.25, -0.2) is 0 Å². The zero-order valence-corrected chi connectivity index (χ0v) is 13.1. The highest BCUT2D eigenvalue weighted by Gasteiger charge is 2.40. The third-order valence-electron chi connectivity index (χ3n) is 5.06. The van der Waals surface area contributed by atoms with Crippen LogP contribution in [-0.2, 0) is 0 Å². The summed E-state index contributed by atoms with van der Waals surface area (Å²) in [5, 5.41) is 3.31. The van der Waals surface area contributed by atoms with Crippen molar-refractivity contribution in [1.29, 1.82) is 0 Å². The van der Waals surface area contributed by atoms with E-state index in [-0.39, 0.29) is 5.91 Å². The first-order valence-corrected chi connectivity index (χ1v) is 8.49. The van der Waals surface area contributed by atoms with Gasteiger partial charge in [0.05, 0.1) is 4.88 Å². The first kappa shape index (κ1) is 14.1. The highest BCUT2D eigenvalue weighted by atomic mass is 32.1. The summed E-state index contributed by atoms with van der Waals surface area (Å²) in [7, 11) is 0. The van der Waals surface area contributed by atoms with Gasteiger partial charge in [0.2, 0.25) is 0 Å². The van der Waals surface area contributed by atoms with Crippen molar-refractivity contribution in [3.05, 3.63) is 21.4 Å². The smallest absolute Gasteiger partial charge is 0.261 e. The number of nitrogens with two attached hydrogens (primary N) is 1. The van der Waals surface area contributed by atoms with Gasteiger partial charge in [-0.05, 0) is 63.0 Å². The number of rotatable bonds is 2. The normalized spacial score (nSPS) is 33.0. The topological polar surface area (TPSA) is 55.1 Å². The minimum atomic E-state index is 0.114. The Morgan fingerprint density at radius 3 is 2.50 bits per heavy atom. The second-order valence-electron chi connectivity index (χ2n) is 6.53. The van der Waals surface area contributed by atoms with E-state index in [1.54, 1.807) is 11.3 Å². The molecule has 1 heterocycles. The molecule has 0 aliphatic heterocycles. The number of aryl methyl sites for hydroxylation is 2. The van der Waals surface area contributed by atoms with Gasteiger partial charge in [0.25, 0.3) is 5.91 Å². The number of carbonyl (C=O) groups excluding carboxylic acids is 1. The van der Waals surface area contributed by atoms with E-state index >= 15 is 0 Å². The monoisotopic (exact) mass is 292 g/mol. The predicted molar refractivity (Wildman–Crippen MR) is 83.1 cm³/mol. The maximum Gasteiger partial charge on any atom is 0.261 e. The molecule has 2 atom stereocenters. The molecule has 3 rings (SSSR count). The molecular formula is C16H24N2OS. The van der Waals surface area contributed by atoms with Crippen molar-refractivity contribution in [1.82, 2.24) is 5.32 Å². The molecule has 3 N–H and O–H groups in total. The van der Waals surface area contributed by atoms with Crippen molar-refractivity contribution >= 4 is 17.2 Å². The zero-order valence-electron chi connectivity index (χ0n) is 12.3. The molecule has 2 fully saturated rings.